The Morgan fingerprint density at radius 2 is 1.88 bits per heavy atom. The van der Waals surface area contributed by atoms with Crippen molar-refractivity contribution in [1.29, 1.82) is 0 Å². The van der Waals surface area contributed by atoms with Crippen LogP contribution in [0.1, 0.15) is 65.7 Å². The number of hydrogen-bond donors (Lipinski definition) is 0. The zero-order chi connectivity index (χ0) is 12.0. The minimum absolute atomic E-state index is 0.530. The first-order valence-corrected chi connectivity index (χ1v) is 8.15. The average Bonchev–Trinajstić information content (AvgIpc) is 2.16. The summed E-state index contributed by atoms with van der Waals surface area (Å²) in [5, 5.41) is 0. The van der Waals surface area contributed by atoms with Crippen molar-refractivity contribution < 1.29 is 4.74 Å². The highest BCUT2D eigenvalue weighted by Gasteiger charge is 2.27. The number of hydrogen-bond acceptors (Lipinski definition) is 1. The average molecular weight is 338 g/mol. The Hall–Kier alpha value is 0.690. The number of halogens is 1. The molecule has 0 amide bonds. The van der Waals surface area contributed by atoms with E-state index in [0.29, 0.717) is 12.2 Å². The van der Waals surface area contributed by atoms with E-state index in [4.69, 9.17) is 4.74 Å². The van der Waals surface area contributed by atoms with E-state index in [-0.39, 0.29) is 0 Å². The van der Waals surface area contributed by atoms with Gasteiger partial charge in [0.2, 0.25) is 0 Å². The summed E-state index contributed by atoms with van der Waals surface area (Å²) >= 11 is 2.61. The third-order valence-electron chi connectivity index (χ3n) is 3.29. The summed E-state index contributed by atoms with van der Waals surface area (Å²) in [6.07, 6.45) is 10.2. The maximum atomic E-state index is 6.21. The molecule has 0 N–H and O–H groups in total. The van der Waals surface area contributed by atoms with Crippen LogP contribution in [0.4, 0.5) is 0 Å². The predicted octanol–water partition coefficient (Wildman–Crippen LogP) is 4.96. The molecule has 1 aliphatic rings. The Morgan fingerprint density at radius 1 is 1.19 bits per heavy atom. The minimum atomic E-state index is 0.530. The first-order chi connectivity index (χ1) is 7.61. The van der Waals surface area contributed by atoms with E-state index in [1.54, 1.807) is 0 Å². The monoisotopic (exact) mass is 338 g/mol. The normalized spacial score (nSPS) is 30.9. The summed E-state index contributed by atoms with van der Waals surface area (Å²) in [5.41, 5.74) is 0. The number of rotatable bonds is 6. The summed E-state index contributed by atoms with van der Waals surface area (Å²) in [4.78, 5) is 0. The van der Waals surface area contributed by atoms with Gasteiger partial charge in [-0.15, -0.1) is 0 Å². The van der Waals surface area contributed by atoms with Crippen LogP contribution >= 0.6 is 22.6 Å². The largest absolute Gasteiger partial charge is 0.375 e. The van der Waals surface area contributed by atoms with Gasteiger partial charge in [0.15, 0.2) is 0 Å². The Bertz CT molecular complexity index is 180. The zero-order valence-corrected chi connectivity index (χ0v) is 13.2. The molecule has 1 saturated heterocycles. The molecular weight excluding hydrogens is 311 g/mol. The highest BCUT2D eigenvalue weighted by molar-refractivity contribution is 14.1. The van der Waals surface area contributed by atoms with E-state index in [0.717, 1.165) is 9.84 Å². The van der Waals surface area contributed by atoms with E-state index in [1.165, 1.54) is 44.9 Å². The SMILES string of the molecule is CCCCC[C@@H]1C[C@H](I)C[C@H](CC(C)C)O1. The fourth-order valence-electron chi connectivity index (χ4n) is 2.54. The van der Waals surface area contributed by atoms with Crippen LogP contribution in [0.2, 0.25) is 0 Å². The third-order valence-corrected chi connectivity index (χ3v) is 4.30. The molecule has 16 heavy (non-hydrogen) atoms. The van der Waals surface area contributed by atoms with E-state index in [9.17, 15) is 0 Å². The van der Waals surface area contributed by atoms with Crippen molar-refractivity contribution in [3.63, 3.8) is 0 Å². The molecule has 1 aliphatic heterocycles. The van der Waals surface area contributed by atoms with Crippen LogP contribution in [0, 0.1) is 5.92 Å². The second-order valence-corrected chi connectivity index (χ2v) is 7.34. The summed E-state index contributed by atoms with van der Waals surface area (Å²) in [7, 11) is 0. The van der Waals surface area contributed by atoms with Gasteiger partial charge in [-0.25, -0.2) is 0 Å². The molecule has 3 atom stereocenters. The van der Waals surface area contributed by atoms with Crippen molar-refractivity contribution in [1.82, 2.24) is 0 Å². The first kappa shape index (κ1) is 14.7. The maximum absolute atomic E-state index is 6.21. The van der Waals surface area contributed by atoms with Crippen LogP contribution in [0.15, 0.2) is 0 Å². The molecule has 0 unspecified atom stereocenters. The summed E-state index contributed by atoms with van der Waals surface area (Å²) in [6, 6.07) is 0. The van der Waals surface area contributed by atoms with Crippen molar-refractivity contribution in [2.45, 2.75) is 81.8 Å². The summed E-state index contributed by atoms with van der Waals surface area (Å²) < 4.78 is 7.04. The molecule has 0 radical (unpaired) electrons. The second kappa shape index (κ2) is 7.91. The van der Waals surface area contributed by atoms with Crippen molar-refractivity contribution in [3.8, 4) is 0 Å². The van der Waals surface area contributed by atoms with Gasteiger partial charge in [-0.1, -0.05) is 62.6 Å². The Kier molecular flexibility index (Phi) is 7.29. The molecular formula is C14H27IO. The van der Waals surface area contributed by atoms with Gasteiger partial charge in [-0.3, -0.25) is 0 Å². The lowest BCUT2D eigenvalue weighted by Crippen LogP contribution is -2.34. The van der Waals surface area contributed by atoms with Crippen molar-refractivity contribution in [2.75, 3.05) is 0 Å². The Morgan fingerprint density at radius 3 is 2.50 bits per heavy atom. The maximum Gasteiger partial charge on any atom is 0.0591 e. The topological polar surface area (TPSA) is 9.23 Å². The molecule has 2 heteroatoms. The third kappa shape index (κ3) is 5.85. The molecule has 0 aromatic heterocycles. The van der Waals surface area contributed by atoms with E-state index < -0.39 is 0 Å². The van der Waals surface area contributed by atoms with Crippen LogP contribution in [-0.2, 0) is 4.74 Å². The number of ether oxygens (including phenoxy) is 1. The standard InChI is InChI=1S/C14H27IO/c1-4-5-6-7-13-9-12(15)10-14(16-13)8-11(2)3/h11-14H,4-10H2,1-3H3/t12-,13+,14-/m0/s1. The second-order valence-electron chi connectivity index (χ2n) is 5.57. The van der Waals surface area contributed by atoms with Gasteiger partial charge in [-0.05, 0) is 31.6 Å². The van der Waals surface area contributed by atoms with Crippen molar-refractivity contribution in [2.24, 2.45) is 5.92 Å². The van der Waals surface area contributed by atoms with Crippen LogP contribution in [0.5, 0.6) is 0 Å². The number of alkyl halides is 1. The molecule has 1 fully saturated rings. The minimum Gasteiger partial charge on any atom is -0.375 e. The molecule has 0 saturated carbocycles. The predicted molar refractivity (Wildman–Crippen MR) is 79.3 cm³/mol. The van der Waals surface area contributed by atoms with Crippen LogP contribution in [-0.4, -0.2) is 16.1 Å². The fourth-order valence-corrected chi connectivity index (χ4v) is 3.67. The van der Waals surface area contributed by atoms with Gasteiger partial charge in [0.1, 0.15) is 0 Å². The highest BCUT2D eigenvalue weighted by Crippen LogP contribution is 2.30. The molecule has 1 heterocycles. The molecule has 96 valence electrons. The first-order valence-electron chi connectivity index (χ1n) is 6.91. The fraction of sp³-hybridized carbons (Fsp3) is 1.00. The molecule has 1 nitrogen and oxygen atoms in total. The molecule has 0 spiro atoms. The van der Waals surface area contributed by atoms with E-state index in [1.807, 2.05) is 0 Å². The van der Waals surface area contributed by atoms with Gasteiger partial charge in [0, 0.05) is 3.92 Å². The van der Waals surface area contributed by atoms with Gasteiger partial charge < -0.3 is 4.74 Å². The van der Waals surface area contributed by atoms with Gasteiger partial charge in [0.25, 0.3) is 0 Å². The molecule has 0 bridgehead atoms. The summed E-state index contributed by atoms with van der Waals surface area (Å²) in [5.74, 6) is 0.767. The lowest BCUT2D eigenvalue weighted by atomic mass is 9.95. The van der Waals surface area contributed by atoms with E-state index in [2.05, 4.69) is 43.4 Å². The highest BCUT2D eigenvalue weighted by atomic mass is 127. The van der Waals surface area contributed by atoms with Crippen molar-refractivity contribution in [3.05, 3.63) is 0 Å². The van der Waals surface area contributed by atoms with Crippen LogP contribution < -0.4 is 0 Å². The van der Waals surface area contributed by atoms with Crippen molar-refractivity contribution >= 4 is 22.6 Å². The smallest absolute Gasteiger partial charge is 0.0591 e. The molecule has 0 aromatic carbocycles. The number of unbranched alkanes of at least 4 members (excludes halogenated alkanes) is 2. The molecule has 0 aromatic rings. The Labute approximate surface area is 115 Å². The lowest BCUT2D eigenvalue weighted by molar-refractivity contribution is -0.0574. The van der Waals surface area contributed by atoms with Gasteiger partial charge >= 0.3 is 0 Å². The van der Waals surface area contributed by atoms with Gasteiger partial charge in [-0.2, -0.15) is 0 Å². The quantitative estimate of drug-likeness (QED) is 0.378. The Balaban J connectivity index is 2.29. The van der Waals surface area contributed by atoms with Gasteiger partial charge in [0.05, 0.1) is 12.2 Å². The van der Waals surface area contributed by atoms with E-state index >= 15 is 0 Å². The van der Waals surface area contributed by atoms with Crippen LogP contribution in [0.3, 0.4) is 0 Å². The lowest BCUT2D eigenvalue weighted by Gasteiger charge is -2.34. The molecule has 1 rings (SSSR count). The molecule has 0 aliphatic carbocycles. The zero-order valence-electron chi connectivity index (χ0n) is 11.0. The van der Waals surface area contributed by atoms with Crippen LogP contribution in [0.25, 0.3) is 0 Å². The summed E-state index contributed by atoms with van der Waals surface area (Å²) in [6.45, 7) is 6.86.